The van der Waals surface area contributed by atoms with Crippen molar-refractivity contribution in [1.29, 1.82) is 0 Å². The van der Waals surface area contributed by atoms with Crippen molar-refractivity contribution in [3.05, 3.63) is 24.2 Å². The first-order chi connectivity index (χ1) is 10.0. The monoisotopic (exact) mass is 308 g/mol. The van der Waals surface area contributed by atoms with Gasteiger partial charge in [-0.15, -0.1) is 11.6 Å². The summed E-state index contributed by atoms with van der Waals surface area (Å²) in [5, 5.41) is 9.41. The molecule has 1 spiro atoms. The summed E-state index contributed by atoms with van der Waals surface area (Å²) in [6.07, 6.45) is 2.08. The predicted molar refractivity (Wildman–Crippen MR) is 74.6 cm³/mol. The van der Waals surface area contributed by atoms with Crippen molar-refractivity contribution in [1.82, 2.24) is 0 Å². The van der Waals surface area contributed by atoms with E-state index in [9.17, 15) is 9.90 Å². The van der Waals surface area contributed by atoms with Crippen LogP contribution in [0.5, 0.6) is 0 Å². The summed E-state index contributed by atoms with van der Waals surface area (Å²) >= 11 is 6.12. The Labute approximate surface area is 127 Å². The molecule has 1 N–H and O–H groups in total. The lowest BCUT2D eigenvalue weighted by molar-refractivity contribution is -0.239. The molecule has 0 radical (unpaired) electrons. The van der Waals surface area contributed by atoms with Crippen LogP contribution in [0.15, 0.2) is 24.2 Å². The van der Waals surface area contributed by atoms with Crippen molar-refractivity contribution in [2.45, 2.75) is 37.2 Å². The van der Waals surface area contributed by atoms with Crippen LogP contribution < -0.4 is 0 Å². The fourth-order valence-corrected chi connectivity index (χ4v) is 2.30. The average Bonchev–Trinajstić information content (AvgIpc) is 2.93. The van der Waals surface area contributed by atoms with Crippen molar-refractivity contribution in [2.24, 2.45) is 0 Å². The third-order valence-corrected chi connectivity index (χ3v) is 3.36. The zero-order chi connectivity index (χ0) is 15.5. The quantitative estimate of drug-likeness (QED) is 0.446. The lowest BCUT2D eigenvalue weighted by Gasteiger charge is -2.30. The first-order valence-electron chi connectivity index (χ1n) is 6.16. The Balaban J connectivity index is 2.25. The molecule has 6 heteroatoms. The second kappa shape index (κ2) is 6.13. The van der Waals surface area contributed by atoms with Gasteiger partial charge in [-0.1, -0.05) is 11.8 Å². The van der Waals surface area contributed by atoms with Crippen molar-refractivity contribution in [3.63, 3.8) is 0 Å². The SMILES string of the molecule is CC#CC#C/C=C1/O[C@@]2(OC=C[C@H]2OC(C)=O)[C@@H](O)[C@@H]1Cl. The number of halogens is 1. The second-order valence-electron chi connectivity index (χ2n) is 4.34. The first-order valence-corrected chi connectivity index (χ1v) is 6.60. The Bertz CT molecular complexity index is 615. The topological polar surface area (TPSA) is 65.0 Å². The highest BCUT2D eigenvalue weighted by molar-refractivity contribution is 6.23. The number of hydrogen-bond acceptors (Lipinski definition) is 5. The first kappa shape index (κ1) is 15.3. The number of aliphatic hydroxyl groups excluding tert-OH is 1. The zero-order valence-electron chi connectivity index (χ0n) is 11.4. The molecular weight excluding hydrogens is 296 g/mol. The van der Waals surface area contributed by atoms with Crippen LogP contribution in [0.2, 0.25) is 0 Å². The van der Waals surface area contributed by atoms with Gasteiger partial charge >= 0.3 is 11.8 Å². The third kappa shape index (κ3) is 2.85. The minimum absolute atomic E-state index is 0.232. The lowest BCUT2D eigenvalue weighted by Crippen LogP contribution is -2.51. The van der Waals surface area contributed by atoms with Crippen molar-refractivity contribution in [3.8, 4) is 23.7 Å². The number of hydrogen-bond donors (Lipinski definition) is 1. The van der Waals surface area contributed by atoms with Gasteiger partial charge in [-0.3, -0.25) is 4.79 Å². The molecule has 0 amide bonds. The van der Waals surface area contributed by atoms with E-state index in [1.54, 1.807) is 6.92 Å². The summed E-state index contributed by atoms with van der Waals surface area (Å²) in [6.45, 7) is 2.92. The van der Waals surface area contributed by atoms with Gasteiger partial charge in [0.2, 0.25) is 6.10 Å². The van der Waals surface area contributed by atoms with Gasteiger partial charge in [-0.05, 0) is 24.8 Å². The van der Waals surface area contributed by atoms with Crippen LogP contribution in [0.1, 0.15) is 13.8 Å². The van der Waals surface area contributed by atoms with Crippen molar-refractivity contribution in [2.75, 3.05) is 0 Å². The van der Waals surface area contributed by atoms with Crippen LogP contribution in [0, 0.1) is 23.7 Å². The normalized spacial score (nSPS) is 34.5. The number of allylic oxidation sites excluding steroid dienone is 1. The van der Waals surface area contributed by atoms with Crippen molar-refractivity contribution < 1.29 is 24.1 Å². The Morgan fingerprint density at radius 3 is 3.00 bits per heavy atom. The average molecular weight is 309 g/mol. The van der Waals surface area contributed by atoms with E-state index < -0.39 is 29.3 Å². The van der Waals surface area contributed by atoms with Crippen LogP contribution in [0.25, 0.3) is 0 Å². The number of aliphatic hydroxyl groups is 1. The molecule has 0 bridgehead atoms. The molecule has 2 rings (SSSR count). The number of ether oxygens (including phenoxy) is 3. The molecular formula is C15H13ClO5. The zero-order valence-corrected chi connectivity index (χ0v) is 12.2. The molecule has 0 aromatic rings. The number of carbonyl (C=O) groups is 1. The van der Waals surface area contributed by atoms with E-state index in [1.165, 1.54) is 25.3 Å². The maximum Gasteiger partial charge on any atom is 0.319 e. The molecule has 2 aliphatic heterocycles. The van der Waals surface area contributed by atoms with Gasteiger partial charge in [0.05, 0.1) is 6.26 Å². The van der Waals surface area contributed by atoms with E-state index in [2.05, 4.69) is 23.7 Å². The van der Waals surface area contributed by atoms with Gasteiger partial charge in [0.15, 0.2) is 6.10 Å². The largest absolute Gasteiger partial charge is 0.454 e. The minimum Gasteiger partial charge on any atom is -0.454 e. The van der Waals surface area contributed by atoms with Crippen LogP contribution in [0.3, 0.4) is 0 Å². The summed E-state index contributed by atoms with van der Waals surface area (Å²) in [5.74, 6) is 8.55. The fourth-order valence-electron chi connectivity index (χ4n) is 2.01. The Morgan fingerprint density at radius 2 is 2.33 bits per heavy atom. The van der Waals surface area contributed by atoms with Gasteiger partial charge in [0, 0.05) is 13.0 Å². The van der Waals surface area contributed by atoms with Gasteiger partial charge in [-0.25, -0.2) is 0 Å². The molecule has 21 heavy (non-hydrogen) atoms. The van der Waals surface area contributed by atoms with Gasteiger partial charge in [-0.2, -0.15) is 0 Å². The van der Waals surface area contributed by atoms with Crippen molar-refractivity contribution >= 4 is 17.6 Å². The highest BCUT2D eigenvalue weighted by atomic mass is 35.5. The molecule has 1 saturated heterocycles. The summed E-state index contributed by atoms with van der Waals surface area (Å²) in [5.41, 5.74) is 0. The highest BCUT2D eigenvalue weighted by Crippen LogP contribution is 2.44. The molecule has 0 unspecified atom stereocenters. The number of rotatable bonds is 1. The minimum atomic E-state index is -1.57. The summed E-state index contributed by atoms with van der Waals surface area (Å²) in [4.78, 5) is 11.1. The van der Waals surface area contributed by atoms with E-state index in [0.29, 0.717) is 0 Å². The molecule has 0 aromatic heterocycles. The standard InChI is InChI=1S/C15H13ClO5/c1-3-4-5-6-7-11-13(16)14(18)15(21-11)12(8-9-19-15)20-10(2)17/h7-9,12-14,18H,1-2H3/b11-7+/t12-,13-,14+,15-/m1/s1. The molecule has 110 valence electrons. The molecule has 0 saturated carbocycles. The molecule has 2 heterocycles. The maximum atomic E-state index is 11.1. The van der Waals surface area contributed by atoms with Crippen LogP contribution in [-0.2, 0) is 19.0 Å². The van der Waals surface area contributed by atoms with E-state index in [1.807, 2.05) is 0 Å². The van der Waals surface area contributed by atoms with E-state index in [0.717, 1.165) is 0 Å². The van der Waals surface area contributed by atoms with Gasteiger partial charge in [0.25, 0.3) is 0 Å². The smallest absolute Gasteiger partial charge is 0.319 e. The summed E-state index contributed by atoms with van der Waals surface area (Å²) < 4.78 is 16.0. The molecule has 0 aromatic carbocycles. The lowest BCUT2D eigenvalue weighted by atomic mass is 10.0. The third-order valence-electron chi connectivity index (χ3n) is 2.91. The Kier molecular flexibility index (Phi) is 4.47. The molecule has 4 atom stereocenters. The molecule has 1 fully saturated rings. The molecule has 2 aliphatic rings. The molecule has 5 nitrogen and oxygen atoms in total. The van der Waals surface area contributed by atoms with E-state index in [4.69, 9.17) is 25.8 Å². The predicted octanol–water partition coefficient (Wildman–Crippen LogP) is 1.07. The van der Waals surface area contributed by atoms with Gasteiger partial charge in [0.1, 0.15) is 11.1 Å². The Hall–Kier alpha value is -2.08. The summed E-state index contributed by atoms with van der Waals surface area (Å²) in [7, 11) is 0. The number of esters is 1. The second-order valence-corrected chi connectivity index (χ2v) is 4.81. The number of carbonyl (C=O) groups excluding carboxylic acids is 1. The Morgan fingerprint density at radius 1 is 1.57 bits per heavy atom. The number of alkyl halides is 1. The highest BCUT2D eigenvalue weighted by Gasteiger charge is 2.62. The van der Waals surface area contributed by atoms with E-state index >= 15 is 0 Å². The fraction of sp³-hybridized carbons (Fsp3) is 0.400. The maximum absolute atomic E-state index is 11.1. The van der Waals surface area contributed by atoms with Crippen LogP contribution in [-0.4, -0.2) is 34.4 Å². The van der Waals surface area contributed by atoms with Crippen LogP contribution in [0.4, 0.5) is 0 Å². The van der Waals surface area contributed by atoms with Gasteiger partial charge < -0.3 is 19.3 Å². The van der Waals surface area contributed by atoms with Crippen LogP contribution >= 0.6 is 11.6 Å². The van der Waals surface area contributed by atoms with E-state index in [-0.39, 0.29) is 5.76 Å². The summed E-state index contributed by atoms with van der Waals surface area (Å²) in [6, 6.07) is 0. The molecule has 0 aliphatic carbocycles.